The van der Waals surface area contributed by atoms with Gasteiger partial charge in [0.25, 0.3) is 5.91 Å². The summed E-state index contributed by atoms with van der Waals surface area (Å²) in [6.07, 6.45) is 7.56. The smallest absolute Gasteiger partial charge is 0.258 e. The first kappa shape index (κ1) is 11.6. The van der Waals surface area contributed by atoms with Gasteiger partial charge in [0.1, 0.15) is 6.54 Å². The van der Waals surface area contributed by atoms with Gasteiger partial charge in [-0.05, 0) is 12.8 Å². The van der Waals surface area contributed by atoms with E-state index in [2.05, 4.69) is 11.2 Å². The van der Waals surface area contributed by atoms with Crippen LogP contribution in [0.1, 0.15) is 36.0 Å². The summed E-state index contributed by atoms with van der Waals surface area (Å²) in [5, 5.41) is 12.8. The normalized spacial score (nSPS) is 15.8. The summed E-state index contributed by atoms with van der Waals surface area (Å²) in [6, 6.07) is 2.30. The Morgan fingerprint density at radius 3 is 2.88 bits per heavy atom. The van der Waals surface area contributed by atoms with E-state index in [4.69, 9.17) is 5.26 Å². The lowest BCUT2D eigenvalue weighted by Gasteiger charge is -2.25. The van der Waals surface area contributed by atoms with Crippen molar-refractivity contribution in [3.05, 3.63) is 18.0 Å². The number of carbonyl (C=O) groups is 1. The maximum Gasteiger partial charge on any atom is 0.258 e. The molecule has 0 radical (unpaired) electrons. The molecule has 2 rings (SSSR count). The zero-order valence-corrected chi connectivity index (χ0v) is 9.96. The fourth-order valence-corrected chi connectivity index (χ4v) is 2.36. The van der Waals surface area contributed by atoms with Crippen LogP contribution in [-0.2, 0) is 7.05 Å². The Balaban J connectivity index is 2.15. The van der Waals surface area contributed by atoms with Crippen LogP contribution in [0.3, 0.4) is 0 Å². The highest BCUT2D eigenvalue weighted by molar-refractivity contribution is 5.94. The summed E-state index contributed by atoms with van der Waals surface area (Å²) >= 11 is 0. The summed E-state index contributed by atoms with van der Waals surface area (Å²) in [5.41, 5.74) is 0.564. The van der Waals surface area contributed by atoms with E-state index in [1.54, 1.807) is 29.0 Å². The molecule has 1 fully saturated rings. The van der Waals surface area contributed by atoms with Crippen molar-refractivity contribution in [1.29, 1.82) is 5.26 Å². The van der Waals surface area contributed by atoms with Crippen LogP contribution in [0.4, 0.5) is 0 Å². The average Bonchev–Trinajstić information content (AvgIpc) is 2.95. The number of nitriles is 1. The predicted molar refractivity (Wildman–Crippen MR) is 62.1 cm³/mol. The molecule has 0 spiro atoms. The zero-order chi connectivity index (χ0) is 12.3. The summed E-state index contributed by atoms with van der Waals surface area (Å²) in [4.78, 5) is 13.9. The van der Waals surface area contributed by atoms with Gasteiger partial charge in [-0.1, -0.05) is 12.8 Å². The van der Waals surface area contributed by atoms with Gasteiger partial charge < -0.3 is 4.90 Å². The maximum atomic E-state index is 12.3. The molecule has 0 N–H and O–H groups in total. The van der Waals surface area contributed by atoms with Crippen molar-refractivity contribution >= 4 is 5.91 Å². The third kappa shape index (κ3) is 2.47. The first-order chi connectivity index (χ1) is 8.22. The summed E-state index contributed by atoms with van der Waals surface area (Å²) in [6.45, 7) is 0.165. The van der Waals surface area contributed by atoms with Gasteiger partial charge >= 0.3 is 0 Å². The van der Waals surface area contributed by atoms with E-state index in [1.807, 2.05) is 0 Å². The van der Waals surface area contributed by atoms with Gasteiger partial charge in [0, 0.05) is 19.3 Å². The van der Waals surface area contributed by atoms with Crippen LogP contribution in [0.2, 0.25) is 0 Å². The van der Waals surface area contributed by atoms with Gasteiger partial charge in [-0.25, -0.2) is 0 Å². The van der Waals surface area contributed by atoms with E-state index in [1.165, 1.54) is 0 Å². The standard InChI is InChI=1S/C12H16N4O/c1-15-9-10(8-14-15)12(17)16(7-6-13)11-4-2-3-5-11/h8-9,11H,2-5,7H2,1H3. The molecule has 0 atom stereocenters. The van der Waals surface area contributed by atoms with Crippen molar-refractivity contribution < 1.29 is 4.79 Å². The van der Waals surface area contributed by atoms with Crippen molar-refractivity contribution in [1.82, 2.24) is 14.7 Å². The van der Waals surface area contributed by atoms with Crippen LogP contribution >= 0.6 is 0 Å². The highest BCUT2D eigenvalue weighted by atomic mass is 16.2. The van der Waals surface area contributed by atoms with Gasteiger partial charge in [0.15, 0.2) is 0 Å². The third-order valence-electron chi connectivity index (χ3n) is 3.22. The highest BCUT2D eigenvalue weighted by Gasteiger charge is 2.27. The van der Waals surface area contributed by atoms with E-state index in [-0.39, 0.29) is 18.5 Å². The molecule has 0 bridgehead atoms. The topological polar surface area (TPSA) is 61.9 Å². The first-order valence-electron chi connectivity index (χ1n) is 5.89. The lowest BCUT2D eigenvalue weighted by Crippen LogP contribution is -2.39. The van der Waals surface area contributed by atoms with Crippen LogP contribution in [-0.4, -0.2) is 33.2 Å². The molecule has 0 aromatic carbocycles. The molecule has 1 saturated carbocycles. The Kier molecular flexibility index (Phi) is 3.43. The molecule has 90 valence electrons. The van der Waals surface area contributed by atoms with E-state index in [0.717, 1.165) is 25.7 Å². The fraction of sp³-hybridized carbons (Fsp3) is 0.583. The minimum atomic E-state index is -0.0773. The van der Waals surface area contributed by atoms with E-state index < -0.39 is 0 Å². The van der Waals surface area contributed by atoms with E-state index >= 15 is 0 Å². The number of carbonyl (C=O) groups excluding carboxylic acids is 1. The molecule has 5 nitrogen and oxygen atoms in total. The molecule has 1 aliphatic carbocycles. The number of nitrogens with zero attached hydrogens (tertiary/aromatic N) is 4. The molecule has 1 heterocycles. The van der Waals surface area contributed by atoms with Crippen LogP contribution in [0, 0.1) is 11.3 Å². The van der Waals surface area contributed by atoms with Crippen LogP contribution in [0.25, 0.3) is 0 Å². The Bertz CT molecular complexity index is 440. The fourth-order valence-electron chi connectivity index (χ4n) is 2.36. The second kappa shape index (κ2) is 5.00. The molecular weight excluding hydrogens is 216 g/mol. The second-order valence-electron chi connectivity index (χ2n) is 4.43. The monoisotopic (exact) mass is 232 g/mol. The number of aromatic nitrogens is 2. The highest BCUT2D eigenvalue weighted by Crippen LogP contribution is 2.24. The largest absolute Gasteiger partial charge is 0.322 e. The molecule has 0 saturated heterocycles. The third-order valence-corrected chi connectivity index (χ3v) is 3.22. The molecule has 1 amide bonds. The maximum absolute atomic E-state index is 12.3. The number of rotatable bonds is 3. The van der Waals surface area contributed by atoms with Crippen molar-refractivity contribution in [2.75, 3.05) is 6.54 Å². The zero-order valence-electron chi connectivity index (χ0n) is 9.96. The van der Waals surface area contributed by atoms with Gasteiger partial charge in [0.05, 0.1) is 17.8 Å². The summed E-state index contributed by atoms with van der Waals surface area (Å²) in [5.74, 6) is -0.0773. The molecule has 1 aromatic rings. The minimum absolute atomic E-state index is 0.0773. The average molecular weight is 232 g/mol. The number of aryl methyl sites for hydroxylation is 1. The lowest BCUT2D eigenvalue weighted by molar-refractivity contribution is 0.0709. The van der Waals surface area contributed by atoms with Crippen LogP contribution in [0.5, 0.6) is 0 Å². The predicted octanol–water partition coefficient (Wildman–Crippen LogP) is 1.33. The van der Waals surface area contributed by atoms with Crippen LogP contribution < -0.4 is 0 Å². The van der Waals surface area contributed by atoms with Gasteiger partial charge in [-0.3, -0.25) is 9.48 Å². The van der Waals surface area contributed by atoms with Gasteiger partial charge in [0.2, 0.25) is 0 Å². The molecule has 0 unspecified atom stereocenters. The Morgan fingerprint density at radius 1 is 1.65 bits per heavy atom. The van der Waals surface area contributed by atoms with E-state index in [0.29, 0.717) is 5.56 Å². The molecule has 1 aromatic heterocycles. The number of amides is 1. The van der Waals surface area contributed by atoms with Crippen molar-refractivity contribution in [2.45, 2.75) is 31.7 Å². The molecule has 0 aliphatic heterocycles. The molecular formula is C12H16N4O. The lowest BCUT2D eigenvalue weighted by atomic mass is 10.2. The van der Waals surface area contributed by atoms with Crippen molar-refractivity contribution in [3.63, 3.8) is 0 Å². The Morgan fingerprint density at radius 2 is 2.35 bits per heavy atom. The first-order valence-corrected chi connectivity index (χ1v) is 5.89. The van der Waals surface area contributed by atoms with Crippen molar-refractivity contribution in [2.24, 2.45) is 7.05 Å². The van der Waals surface area contributed by atoms with E-state index in [9.17, 15) is 4.79 Å². The summed E-state index contributed by atoms with van der Waals surface area (Å²) < 4.78 is 1.60. The minimum Gasteiger partial charge on any atom is -0.322 e. The van der Waals surface area contributed by atoms with Gasteiger partial charge in [-0.2, -0.15) is 10.4 Å². The summed E-state index contributed by atoms with van der Waals surface area (Å²) in [7, 11) is 1.78. The van der Waals surface area contributed by atoms with Crippen molar-refractivity contribution in [3.8, 4) is 6.07 Å². The quantitative estimate of drug-likeness (QED) is 0.738. The van der Waals surface area contributed by atoms with Crippen LogP contribution in [0.15, 0.2) is 12.4 Å². The second-order valence-corrected chi connectivity index (χ2v) is 4.43. The molecule has 5 heteroatoms. The Hall–Kier alpha value is -1.83. The molecule has 17 heavy (non-hydrogen) atoms. The number of hydrogen-bond donors (Lipinski definition) is 0. The number of hydrogen-bond acceptors (Lipinski definition) is 3. The molecule has 1 aliphatic rings. The Labute approximate surface area is 101 Å². The SMILES string of the molecule is Cn1cc(C(=O)N(CC#N)C2CCCC2)cn1. The van der Waals surface area contributed by atoms with Gasteiger partial charge in [-0.15, -0.1) is 0 Å².